The number of benzene rings is 2. The number of thiazole rings is 1. The molecule has 6 heteroatoms. The summed E-state index contributed by atoms with van der Waals surface area (Å²) in [5.41, 5.74) is 2.15. The van der Waals surface area contributed by atoms with E-state index in [1.807, 2.05) is 37.3 Å². The fraction of sp³-hybridized carbons (Fsp3) is 0.0526. The van der Waals surface area contributed by atoms with Crippen molar-refractivity contribution in [1.29, 1.82) is 0 Å². The van der Waals surface area contributed by atoms with Gasteiger partial charge in [-0.25, -0.2) is 4.98 Å². The zero-order valence-electron chi connectivity index (χ0n) is 13.3. The number of hydrogen-bond donors (Lipinski definition) is 2. The lowest BCUT2D eigenvalue weighted by molar-refractivity contribution is 0.0997. The molecule has 2 N–H and O–H groups in total. The van der Waals surface area contributed by atoms with Crippen LogP contribution in [0.2, 0.25) is 0 Å². The molecule has 1 amide bonds. The Kier molecular flexibility index (Phi) is 3.74. The molecule has 0 aliphatic heterocycles. The van der Waals surface area contributed by atoms with Crippen molar-refractivity contribution >= 4 is 33.1 Å². The highest BCUT2D eigenvalue weighted by atomic mass is 32.1. The number of carbonyl (C=O) groups excluding carboxylic acids is 1. The zero-order valence-corrected chi connectivity index (χ0v) is 14.1. The Morgan fingerprint density at radius 1 is 1.16 bits per heavy atom. The molecule has 2 heterocycles. The van der Waals surface area contributed by atoms with E-state index >= 15 is 0 Å². The van der Waals surface area contributed by atoms with Gasteiger partial charge < -0.3 is 14.8 Å². The summed E-state index contributed by atoms with van der Waals surface area (Å²) in [6, 6.07) is 16.2. The maximum absolute atomic E-state index is 12.3. The molecule has 0 saturated heterocycles. The maximum atomic E-state index is 12.3. The monoisotopic (exact) mass is 350 g/mol. The second kappa shape index (κ2) is 6.07. The van der Waals surface area contributed by atoms with Crippen molar-refractivity contribution in [1.82, 2.24) is 4.98 Å². The molecule has 0 unspecified atom stereocenters. The normalized spacial score (nSPS) is 10.9. The third-order valence-electron chi connectivity index (χ3n) is 3.74. The number of aryl methyl sites for hydroxylation is 1. The number of furan rings is 1. The van der Waals surface area contributed by atoms with E-state index in [9.17, 15) is 9.90 Å². The van der Waals surface area contributed by atoms with Gasteiger partial charge in [-0.05, 0) is 48.9 Å². The lowest BCUT2D eigenvalue weighted by atomic mass is 10.2. The number of fused-ring (bicyclic) bond motifs is 1. The molecule has 0 bridgehead atoms. The molecule has 0 spiro atoms. The topological polar surface area (TPSA) is 75.4 Å². The van der Waals surface area contributed by atoms with E-state index in [1.54, 1.807) is 24.3 Å². The van der Waals surface area contributed by atoms with Gasteiger partial charge in [-0.15, -0.1) is 11.3 Å². The third-order valence-corrected chi connectivity index (χ3v) is 4.79. The van der Waals surface area contributed by atoms with Gasteiger partial charge >= 0.3 is 0 Å². The number of aromatic hydroxyl groups is 1. The van der Waals surface area contributed by atoms with E-state index in [4.69, 9.17) is 4.42 Å². The SMILES string of the molecule is Cc1ccc(NC(=O)c2ccc(-c3nc4ccccc4s3)o2)c(O)c1. The average molecular weight is 350 g/mol. The van der Waals surface area contributed by atoms with Crippen LogP contribution in [0.5, 0.6) is 5.75 Å². The second-order valence-electron chi connectivity index (χ2n) is 5.63. The first-order valence-corrected chi connectivity index (χ1v) is 8.48. The van der Waals surface area contributed by atoms with Crippen LogP contribution in [0.4, 0.5) is 5.69 Å². The van der Waals surface area contributed by atoms with Crippen molar-refractivity contribution in [3.8, 4) is 16.5 Å². The van der Waals surface area contributed by atoms with Gasteiger partial charge in [0.2, 0.25) is 0 Å². The molecule has 25 heavy (non-hydrogen) atoms. The third kappa shape index (κ3) is 2.99. The number of rotatable bonds is 3. The Morgan fingerprint density at radius 2 is 2.00 bits per heavy atom. The first kappa shape index (κ1) is 15.4. The van der Waals surface area contributed by atoms with Crippen LogP contribution in [-0.4, -0.2) is 16.0 Å². The molecule has 0 radical (unpaired) electrons. The molecule has 0 saturated carbocycles. The molecule has 4 rings (SSSR count). The van der Waals surface area contributed by atoms with Crippen molar-refractivity contribution in [2.24, 2.45) is 0 Å². The molecule has 0 fully saturated rings. The highest BCUT2D eigenvalue weighted by molar-refractivity contribution is 7.21. The molecule has 124 valence electrons. The number of aromatic nitrogens is 1. The van der Waals surface area contributed by atoms with E-state index in [0.29, 0.717) is 11.4 Å². The summed E-state index contributed by atoms with van der Waals surface area (Å²) in [6.07, 6.45) is 0. The van der Waals surface area contributed by atoms with E-state index in [-0.39, 0.29) is 11.5 Å². The predicted octanol–water partition coefficient (Wildman–Crippen LogP) is 4.82. The van der Waals surface area contributed by atoms with Gasteiger partial charge in [-0.3, -0.25) is 4.79 Å². The molecule has 0 aliphatic carbocycles. The summed E-state index contributed by atoms with van der Waals surface area (Å²) in [6.45, 7) is 1.86. The number of hydrogen-bond acceptors (Lipinski definition) is 5. The van der Waals surface area contributed by atoms with Crippen LogP contribution in [0.15, 0.2) is 59.0 Å². The lowest BCUT2D eigenvalue weighted by Crippen LogP contribution is -2.10. The van der Waals surface area contributed by atoms with Crippen molar-refractivity contribution in [2.75, 3.05) is 5.32 Å². The number of phenols is 1. The average Bonchev–Trinajstić information content (AvgIpc) is 3.23. The van der Waals surface area contributed by atoms with Gasteiger partial charge in [0.15, 0.2) is 16.5 Å². The van der Waals surface area contributed by atoms with Crippen LogP contribution < -0.4 is 5.32 Å². The Morgan fingerprint density at radius 3 is 2.80 bits per heavy atom. The van der Waals surface area contributed by atoms with Gasteiger partial charge in [0.25, 0.3) is 5.91 Å². The van der Waals surface area contributed by atoms with Gasteiger partial charge in [-0.2, -0.15) is 0 Å². The standard InChI is InChI=1S/C19H14N2O3S/c1-11-6-7-12(14(22)10-11)20-18(23)15-8-9-16(24-15)19-21-13-4-2-3-5-17(13)25-19/h2-10,22H,1H3,(H,20,23). The van der Waals surface area contributed by atoms with E-state index in [1.165, 1.54) is 11.3 Å². The minimum absolute atomic E-state index is 0.0197. The summed E-state index contributed by atoms with van der Waals surface area (Å²) in [4.78, 5) is 16.9. The second-order valence-corrected chi connectivity index (χ2v) is 6.66. The Hall–Kier alpha value is -3.12. The van der Waals surface area contributed by atoms with Crippen LogP contribution in [0.25, 0.3) is 21.0 Å². The van der Waals surface area contributed by atoms with Gasteiger partial charge in [0, 0.05) is 0 Å². The fourth-order valence-electron chi connectivity index (χ4n) is 2.48. The first-order valence-electron chi connectivity index (χ1n) is 7.67. The number of carbonyl (C=O) groups is 1. The summed E-state index contributed by atoms with van der Waals surface area (Å²) >= 11 is 1.51. The largest absolute Gasteiger partial charge is 0.506 e. The van der Waals surface area contributed by atoms with Crippen molar-refractivity contribution in [3.05, 3.63) is 65.9 Å². The Balaban J connectivity index is 1.58. The van der Waals surface area contributed by atoms with Crippen molar-refractivity contribution in [3.63, 3.8) is 0 Å². The summed E-state index contributed by atoms with van der Waals surface area (Å²) < 4.78 is 6.71. The van der Waals surface area contributed by atoms with Crippen molar-refractivity contribution < 1.29 is 14.3 Å². The van der Waals surface area contributed by atoms with Gasteiger partial charge in [-0.1, -0.05) is 18.2 Å². The molecule has 2 aromatic heterocycles. The minimum atomic E-state index is -0.425. The Bertz CT molecular complexity index is 1050. The lowest BCUT2D eigenvalue weighted by Gasteiger charge is -2.06. The van der Waals surface area contributed by atoms with E-state index in [2.05, 4.69) is 10.3 Å². The first-order chi connectivity index (χ1) is 12.1. The van der Waals surface area contributed by atoms with Gasteiger partial charge in [0.1, 0.15) is 5.75 Å². The summed E-state index contributed by atoms with van der Waals surface area (Å²) in [7, 11) is 0. The van der Waals surface area contributed by atoms with Crippen LogP contribution in [0.3, 0.4) is 0 Å². The van der Waals surface area contributed by atoms with Crippen molar-refractivity contribution in [2.45, 2.75) is 6.92 Å². The fourth-order valence-corrected chi connectivity index (χ4v) is 3.41. The van der Waals surface area contributed by atoms with E-state index < -0.39 is 5.91 Å². The number of anilines is 1. The number of amides is 1. The number of phenolic OH excluding ortho intramolecular Hbond substituents is 1. The Labute approximate surface area is 147 Å². The number of para-hydroxylation sites is 1. The van der Waals surface area contributed by atoms with Crippen LogP contribution in [0.1, 0.15) is 16.1 Å². The molecule has 5 nitrogen and oxygen atoms in total. The predicted molar refractivity (Wildman–Crippen MR) is 98.1 cm³/mol. The molecule has 2 aromatic carbocycles. The maximum Gasteiger partial charge on any atom is 0.291 e. The molecule has 0 atom stereocenters. The summed E-state index contributed by atoms with van der Waals surface area (Å²) in [5.74, 6) is 0.298. The number of nitrogens with one attached hydrogen (secondary N) is 1. The number of nitrogens with zero attached hydrogens (tertiary/aromatic N) is 1. The minimum Gasteiger partial charge on any atom is -0.506 e. The smallest absolute Gasteiger partial charge is 0.291 e. The highest BCUT2D eigenvalue weighted by Gasteiger charge is 2.16. The van der Waals surface area contributed by atoms with Gasteiger partial charge in [0.05, 0.1) is 15.9 Å². The van der Waals surface area contributed by atoms with Crippen LogP contribution >= 0.6 is 11.3 Å². The quantitative estimate of drug-likeness (QED) is 0.519. The summed E-state index contributed by atoms with van der Waals surface area (Å²) in [5, 5.41) is 13.3. The zero-order chi connectivity index (χ0) is 17.4. The van der Waals surface area contributed by atoms with E-state index in [0.717, 1.165) is 20.8 Å². The molecule has 4 aromatic rings. The molecular weight excluding hydrogens is 336 g/mol. The highest BCUT2D eigenvalue weighted by Crippen LogP contribution is 2.31. The molecule has 0 aliphatic rings. The molecular formula is C19H14N2O3S. The van der Waals surface area contributed by atoms with Crippen LogP contribution in [0, 0.1) is 6.92 Å². The van der Waals surface area contributed by atoms with Crippen LogP contribution in [-0.2, 0) is 0 Å².